The van der Waals surface area contributed by atoms with Crippen molar-refractivity contribution in [1.29, 1.82) is 5.26 Å². The van der Waals surface area contributed by atoms with Gasteiger partial charge < -0.3 is 15.2 Å². The van der Waals surface area contributed by atoms with E-state index in [1.807, 2.05) is 6.92 Å². The van der Waals surface area contributed by atoms with E-state index in [1.54, 1.807) is 18.2 Å². The van der Waals surface area contributed by atoms with Crippen molar-refractivity contribution in [2.45, 2.75) is 13.0 Å². The molecular formula is C12H15ClN2O2. The van der Waals surface area contributed by atoms with Gasteiger partial charge in [-0.15, -0.1) is 11.6 Å². The van der Waals surface area contributed by atoms with Crippen molar-refractivity contribution in [2.75, 3.05) is 24.3 Å². The van der Waals surface area contributed by atoms with Crippen LogP contribution < -0.4 is 10.1 Å². The summed E-state index contributed by atoms with van der Waals surface area (Å²) in [6.45, 7) is 2.74. The normalized spacial score (nSPS) is 11.6. The van der Waals surface area contributed by atoms with Gasteiger partial charge in [-0.3, -0.25) is 0 Å². The Morgan fingerprint density at radius 3 is 2.94 bits per heavy atom. The predicted molar refractivity (Wildman–Crippen MR) is 67.5 cm³/mol. The second kappa shape index (κ2) is 7.00. The Morgan fingerprint density at radius 1 is 1.59 bits per heavy atom. The summed E-state index contributed by atoms with van der Waals surface area (Å²) in [7, 11) is 0. The molecule has 0 amide bonds. The molecule has 0 radical (unpaired) electrons. The molecule has 1 unspecified atom stereocenters. The Hall–Kier alpha value is -1.44. The lowest BCUT2D eigenvalue weighted by Gasteiger charge is -2.11. The number of nitriles is 1. The van der Waals surface area contributed by atoms with Crippen LogP contribution >= 0.6 is 11.6 Å². The first-order chi connectivity index (χ1) is 8.21. The van der Waals surface area contributed by atoms with Gasteiger partial charge in [0.2, 0.25) is 0 Å². The van der Waals surface area contributed by atoms with E-state index in [4.69, 9.17) is 21.6 Å². The monoisotopic (exact) mass is 254 g/mol. The molecule has 0 saturated carbocycles. The second-order valence-corrected chi connectivity index (χ2v) is 3.75. The van der Waals surface area contributed by atoms with E-state index >= 15 is 0 Å². The molecule has 4 nitrogen and oxygen atoms in total. The SMILES string of the molecule is CCOc1ccc(NCC(O)CCl)cc1C#N. The first-order valence-electron chi connectivity index (χ1n) is 5.36. The number of hydrogen-bond donors (Lipinski definition) is 2. The third-order valence-corrected chi connectivity index (χ3v) is 2.48. The van der Waals surface area contributed by atoms with Crippen LogP contribution in [0.1, 0.15) is 12.5 Å². The number of benzene rings is 1. The molecule has 1 aromatic rings. The average Bonchev–Trinajstić information content (AvgIpc) is 2.37. The summed E-state index contributed by atoms with van der Waals surface area (Å²) in [5.74, 6) is 0.744. The highest BCUT2D eigenvalue weighted by molar-refractivity contribution is 6.18. The number of halogens is 1. The fraction of sp³-hybridized carbons (Fsp3) is 0.417. The van der Waals surface area contributed by atoms with Crippen molar-refractivity contribution >= 4 is 17.3 Å². The maximum atomic E-state index is 9.30. The van der Waals surface area contributed by atoms with Gasteiger partial charge in [-0.05, 0) is 25.1 Å². The van der Waals surface area contributed by atoms with Crippen LogP contribution in [0.2, 0.25) is 0 Å². The van der Waals surface area contributed by atoms with E-state index in [9.17, 15) is 5.11 Å². The second-order valence-electron chi connectivity index (χ2n) is 3.44. The molecular weight excluding hydrogens is 240 g/mol. The number of nitrogens with one attached hydrogen (secondary N) is 1. The summed E-state index contributed by atoms with van der Waals surface area (Å²) in [6, 6.07) is 7.29. The molecule has 1 atom stereocenters. The molecule has 0 aliphatic rings. The lowest BCUT2D eigenvalue weighted by molar-refractivity contribution is 0.211. The Balaban J connectivity index is 2.73. The minimum absolute atomic E-state index is 0.176. The molecule has 0 aliphatic heterocycles. The summed E-state index contributed by atoms with van der Waals surface area (Å²) < 4.78 is 5.31. The van der Waals surface area contributed by atoms with Gasteiger partial charge in [0.15, 0.2) is 0 Å². The average molecular weight is 255 g/mol. The number of aliphatic hydroxyl groups is 1. The fourth-order valence-electron chi connectivity index (χ4n) is 1.30. The van der Waals surface area contributed by atoms with Gasteiger partial charge in [-0.25, -0.2) is 0 Å². The number of nitrogens with zero attached hydrogens (tertiary/aromatic N) is 1. The minimum Gasteiger partial charge on any atom is -0.492 e. The molecule has 92 valence electrons. The Kier molecular flexibility index (Phi) is 5.61. The zero-order valence-corrected chi connectivity index (χ0v) is 10.4. The van der Waals surface area contributed by atoms with Crippen LogP contribution in [0, 0.1) is 11.3 Å². The number of rotatable bonds is 6. The van der Waals surface area contributed by atoms with Gasteiger partial charge >= 0.3 is 0 Å². The summed E-state index contributed by atoms with van der Waals surface area (Å²) in [5, 5.41) is 21.3. The molecule has 0 spiro atoms. The van der Waals surface area contributed by atoms with Crippen molar-refractivity contribution in [3.8, 4) is 11.8 Å². The van der Waals surface area contributed by atoms with Crippen molar-refractivity contribution in [1.82, 2.24) is 0 Å². The summed E-state index contributed by atoms with van der Waals surface area (Å²) >= 11 is 5.48. The first kappa shape index (κ1) is 13.6. The van der Waals surface area contributed by atoms with E-state index in [2.05, 4.69) is 11.4 Å². The van der Waals surface area contributed by atoms with Gasteiger partial charge in [0.1, 0.15) is 11.8 Å². The number of alkyl halides is 1. The quantitative estimate of drug-likeness (QED) is 0.762. The van der Waals surface area contributed by atoms with Crippen LogP contribution in [0.5, 0.6) is 5.75 Å². The number of anilines is 1. The van der Waals surface area contributed by atoms with Gasteiger partial charge in [0.05, 0.1) is 24.2 Å². The van der Waals surface area contributed by atoms with E-state index in [0.29, 0.717) is 24.5 Å². The Labute approximate surface area is 106 Å². The number of aliphatic hydroxyl groups excluding tert-OH is 1. The van der Waals surface area contributed by atoms with Gasteiger partial charge in [-0.1, -0.05) is 0 Å². The fourth-order valence-corrected chi connectivity index (χ4v) is 1.41. The number of hydrogen-bond acceptors (Lipinski definition) is 4. The third-order valence-electron chi connectivity index (χ3n) is 2.12. The van der Waals surface area contributed by atoms with Crippen molar-refractivity contribution < 1.29 is 9.84 Å². The zero-order chi connectivity index (χ0) is 12.7. The molecule has 0 heterocycles. The van der Waals surface area contributed by atoms with Gasteiger partial charge in [0.25, 0.3) is 0 Å². The topological polar surface area (TPSA) is 65.3 Å². The summed E-state index contributed by atoms with van der Waals surface area (Å²) in [4.78, 5) is 0. The molecule has 1 aromatic carbocycles. The van der Waals surface area contributed by atoms with Crippen molar-refractivity contribution in [3.05, 3.63) is 23.8 Å². The molecule has 1 rings (SSSR count). The standard InChI is InChI=1S/C12H15ClN2O2/c1-2-17-12-4-3-10(5-9(12)7-14)15-8-11(16)6-13/h3-5,11,15-16H,2,6,8H2,1H3. The van der Waals surface area contributed by atoms with E-state index < -0.39 is 6.10 Å². The molecule has 0 aliphatic carbocycles. The predicted octanol–water partition coefficient (Wildman–Crippen LogP) is 1.97. The maximum Gasteiger partial charge on any atom is 0.137 e. The smallest absolute Gasteiger partial charge is 0.137 e. The molecule has 0 saturated heterocycles. The molecule has 0 aromatic heterocycles. The highest BCUT2D eigenvalue weighted by Gasteiger charge is 2.06. The van der Waals surface area contributed by atoms with Crippen molar-refractivity contribution in [2.24, 2.45) is 0 Å². The van der Waals surface area contributed by atoms with E-state index in [0.717, 1.165) is 5.69 Å². The zero-order valence-electron chi connectivity index (χ0n) is 9.61. The summed E-state index contributed by atoms with van der Waals surface area (Å²) in [5.41, 5.74) is 1.23. The van der Waals surface area contributed by atoms with E-state index in [-0.39, 0.29) is 5.88 Å². The Morgan fingerprint density at radius 2 is 2.35 bits per heavy atom. The molecule has 0 bridgehead atoms. The third kappa shape index (κ3) is 4.14. The van der Waals surface area contributed by atoms with Crippen LogP contribution in [-0.4, -0.2) is 30.2 Å². The molecule has 2 N–H and O–H groups in total. The minimum atomic E-state index is -0.603. The highest BCUT2D eigenvalue weighted by atomic mass is 35.5. The van der Waals surface area contributed by atoms with Crippen LogP contribution in [-0.2, 0) is 0 Å². The largest absolute Gasteiger partial charge is 0.492 e. The Bertz CT molecular complexity index is 404. The van der Waals surface area contributed by atoms with Crippen LogP contribution in [0.3, 0.4) is 0 Å². The van der Waals surface area contributed by atoms with Crippen LogP contribution in [0.15, 0.2) is 18.2 Å². The van der Waals surface area contributed by atoms with Gasteiger partial charge in [-0.2, -0.15) is 5.26 Å². The summed E-state index contributed by atoms with van der Waals surface area (Å²) in [6.07, 6.45) is -0.603. The maximum absolute atomic E-state index is 9.30. The van der Waals surface area contributed by atoms with Crippen molar-refractivity contribution in [3.63, 3.8) is 0 Å². The van der Waals surface area contributed by atoms with Gasteiger partial charge in [0, 0.05) is 12.2 Å². The lowest BCUT2D eigenvalue weighted by Crippen LogP contribution is -2.20. The highest BCUT2D eigenvalue weighted by Crippen LogP contribution is 2.22. The number of ether oxygens (including phenoxy) is 1. The molecule has 0 fully saturated rings. The van der Waals surface area contributed by atoms with Crippen LogP contribution in [0.25, 0.3) is 0 Å². The van der Waals surface area contributed by atoms with E-state index in [1.165, 1.54) is 0 Å². The first-order valence-corrected chi connectivity index (χ1v) is 5.89. The lowest BCUT2D eigenvalue weighted by atomic mass is 10.2. The van der Waals surface area contributed by atoms with Crippen LogP contribution in [0.4, 0.5) is 5.69 Å². The molecule has 17 heavy (non-hydrogen) atoms. The molecule has 5 heteroatoms.